The summed E-state index contributed by atoms with van der Waals surface area (Å²) in [5.41, 5.74) is 0.471. The molecule has 0 bridgehead atoms. The highest BCUT2D eigenvalue weighted by Crippen LogP contribution is 2.31. The SMILES string of the molecule is CC(O)C(F)(F)c1ccc(CC(=O)Nc2ccc(C#CC(C)(C)Oc3ccc(Cl)cc3F)cc2)cc1. The number of anilines is 1. The summed E-state index contributed by atoms with van der Waals surface area (Å²) < 4.78 is 47.4. The monoisotopic (exact) mass is 515 g/mol. The Labute approximate surface area is 213 Å². The molecular formula is C28H25ClF3NO3. The van der Waals surface area contributed by atoms with Gasteiger partial charge in [-0.3, -0.25) is 4.79 Å². The number of amides is 1. The lowest BCUT2D eigenvalue weighted by Crippen LogP contribution is -2.27. The number of hydrogen-bond donors (Lipinski definition) is 2. The Morgan fingerprint density at radius 2 is 1.72 bits per heavy atom. The number of halogens is 4. The van der Waals surface area contributed by atoms with Crippen molar-refractivity contribution in [3.8, 4) is 17.6 Å². The van der Waals surface area contributed by atoms with Gasteiger partial charge in [0.15, 0.2) is 17.2 Å². The van der Waals surface area contributed by atoms with Crippen molar-refractivity contribution >= 4 is 23.2 Å². The van der Waals surface area contributed by atoms with Crippen LogP contribution in [0.15, 0.2) is 66.7 Å². The Morgan fingerprint density at radius 3 is 2.31 bits per heavy atom. The zero-order valence-electron chi connectivity index (χ0n) is 19.9. The van der Waals surface area contributed by atoms with E-state index in [9.17, 15) is 23.1 Å². The predicted octanol–water partition coefficient (Wildman–Crippen LogP) is 6.34. The van der Waals surface area contributed by atoms with Crippen molar-refractivity contribution < 1.29 is 27.8 Å². The van der Waals surface area contributed by atoms with Crippen LogP contribution >= 0.6 is 11.6 Å². The minimum absolute atomic E-state index is 0.00509. The van der Waals surface area contributed by atoms with Crippen molar-refractivity contribution in [2.24, 2.45) is 0 Å². The van der Waals surface area contributed by atoms with Gasteiger partial charge in [0.05, 0.1) is 6.42 Å². The van der Waals surface area contributed by atoms with Gasteiger partial charge >= 0.3 is 0 Å². The van der Waals surface area contributed by atoms with Crippen molar-refractivity contribution in [1.29, 1.82) is 0 Å². The maximum Gasteiger partial charge on any atom is 0.298 e. The first-order chi connectivity index (χ1) is 16.9. The van der Waals surface area contributed by atoms with Crippen LogP contribution in [0.4, 0.5) is 18.9 Å². The van der Waals surface area contributed by atoms with Crippen LogP contribution in [0.5, 0.6) is 5.75 Å². The maximum atomic E-state index is 14.0. The molecule has 8 heteroatoms. The van der Waals surface area contributed by atoms with E-state index in [-0.39, 0.29) is 28.7 Å². The molecule has 1 unspecified atom stereocenters. The molecule has 1 amide bonds. The second-order valence-electron chi connectivity index (χ2n) is 8.74. The van der Waals surface area contributed by atoms with E-state index in [1.54, 1.807) is 38.1 Å². The molecule has 4 nitrogen and oxygen atoms in total. The molecule has 188 valence electrons. The van der Waals surface area contributed by atoms with Gasteiger partial charge < -0.3 is 15.2 Å². The molecule has 0 aliphatic rings. The Bertz CT molecular complexity index is 1280. The van der Waals surface area contributed by atoms with Gasteiger partial charge in [0, 0.05) is 21.8 Å². The molecule has 0 heterocycles. The molecule has 0 radical (unpaired) electrons. The second-order valence-corrected chi connectivity index (χ2v) is 9.17. The highest BCUT2D eigenvalue weighted by atomic mass is 35.5. The maximum absolute atomic E-state index is 14.0. The average Bonchev–Trinajstić information content (AvgIpc) is 2.81. The quantitative estimate of drug-likeness (QED) is 0.361. The lowest BCUT2D eigenvalue weighted by atomic mass is 10.0. The third kappa shape index (κ3) is 7.27. The molecule has 0 saturated heterocycles. The zero-order valence-corrected chi connectivity index (χ0v) is 20.7. The van der Waals surface area contributed by atoms with Gasteiger partial charge in [-0.15, -0.1) is 0 Å². The molecule has 3 rings (SSSR count). The average molecular weight is 516 g/mol. The van der Waals surface area contributed by atoms with Gasteiger partial charge in [0.1, 0.15) is 6.10 Å². The van der Waals surface area contributed by atoms with Crippen LogP contribution in [0.3, 0.4) is 0 Å². The summed E-state index contributed by atoms with van der Waals surface area (Å²) in [6, 6.07) is 16.2. The number of rotatable bonds is 7. The fraction of sp³-hybridized carbons (Fsp3) is 0.250. The molecule has 3 aromatic carbocycles. The molecule has 0 aliphatic heterocycles. The first kappa shape index (κ1) is 27.1. The van der Waals surface area contributed by atoms with Gasteiger partial charge in [-0.1, -0.05) is 47.7 Å². The van der Waals surface area contributed by atoms with Crippen LogP contribution in [0.2, 0.25) is 5.02 Å². The van der Waals surface area contributed by atoms with Crippen LogP contribution in [0.1, 0.15) is 37.5 Å². The molecule has 0 aliphatic carbocycles. The van der Waals surface area contributed by atoms with Crippen molar-refractivity contribution in [2.75, 3.05) is 5.32 Å². The zero-order chi connectivity index (χ0) is 26.5. The molecule has 0 spiro atoms. The summed E-state index contributed by atoms with van der Waals surface area (Å²) in [5, 5.41) is 12.3. The number of ether oxygens (including phenoxy) is 1. The molecule has 0 fully saturated rings. The molecule has 1 atom stereocenters. The Hall–Kier alpha value is -3.47. The summed E-state index contributed by atoms with van der Waals surface area (Å²) in [6.45, 7) is 4.44. The second kappa shape index (κ2) is 11.1. The topological polar surface area (TPSA) is 58.6 Å². The van der Waals surface area contributed by atoms with Crippen molar-refractivity contribution in [3.63, 3.8) is 0 Å². The largest absolute Gasteiger partial charge is 0.472 e. The molecule has 3 aromatic rings. The fourth-order valence-electron chi connectivity index (χ4n) is 3.19. The molecular weight excluding hydrogens is 491 g/mol. The number of aliphatic hydroxyl groups is 1. The summed E-state index contributed by atoms with van der Waals surface area (Å²) >= 11 is 5.76. The number of hydrogen-bond acceptors (Lipinski definition) is 3. The van der Waals surface area contributed by atoms with Crippen LogP contribution in [0.25, 0.3) is 0 Å². The molecule has 0 saturated carbocycles. The summed E-state index contributed by atoms with van der Waals surface area (Å²) in [4.78, 5) is 12.4. The van der Waals surface area contributed by atoms with Gasteiger partial charge in [-0.25, -0.2) is 4.39 Å². The number of benzene rings is 3. The first-order valence-electron chi connectivity index (χ1n) is 11.1. The first-order valence-corrected chi connectivity index (χ1v) is 11.5. The number of carbonyl (C=O) groups is 1. The van der Waals surface area contributed by atoms with Crippen LogP contribution < -0.4 is 10.1 Å². The third-order valence-electron chi connectivity index (χ3n) is 5.16. The molecule has 0 aromatic heterocycles. The minimum atomic E-state index is -3.36. The highest BCUT2D eigenvalue weighted by Gasteiger charge is 2.37. The Kier molecular flexibility index (Phi) is 8.34. The fourth-order valence-corrected chi connectivity index (χ4v) is 3.35. The minimum Gasteiger partial charge on any atom is -0.472 e. The Morgan fingerprint density at radius 1 is 1.08 bits per heavy atom. The number of alkyl halides is 2. The predicted molar refractivity (Wildman–Crippen MR) is 134 cm³/mol. The van der Waals surface area contributed by atoms with E-state index in [0.717, 1.165) is 6.92 Å². The van der Waals surface area contributed by atoms with E-state index in [1.807, 2.05) is 0 Å². The highest BCUT2D eigenvalue weighted by molar-refractivity contribution is 6.30. The van der Waals surface area contributed by atoms with E-state index in [0.29, 0.717) is 16.8 Å². The van der Waals surface area contributed by atoms with Crippen LogP contribution in [-0.4, -0.2) is 22.7 Å². The summed E-state index contributed by atoms with van der Waals surface area (Å²) in [5.74, 6) is 1.71. The van der Waals surface area contributed by atoms with Gasteiger partial charge in [0.2, 0.25) is 5.91 Å². The van der Waals surface area contributed by atoms with Crippen molar-refractivity contribution in [2.45, 2.75) is 44.8 Å². The Balaban J connectivity index is 1.58. The molecule has 36 heavy (non-hydrogen) atoms. The normalized spacial score (nSPS) is 12.3. The van der Waals surface area contributed by atoms with Crippen LogP contribution in [-0.2, 0) is 17.1 Å². The van der Waals surface area contributed by atoms with E-state index < -0.39 is 23.4 Å². The lowest BCUT2D eigenvalue weighted by molar-refractivity contribution is -0.115. The number of nitrogens with one attached hydrogen (secondary N) is 1. The standard InChI is InChI=1S/C28H25ClF3NO3/c1-18(34)28(31,32)21-8-4-20(5-9-21)16-26(35)33-23-11-6-19(7-12-23)14-15-27(2,3)36-25-13-10-22(29)17-24(25)30/h4-13,17-18,34H,16H2,1-3H3,(H,33,35). The summed E-state index contributed by atoms with van der Waals surface area (Å²) in [6.07, 6.45) is -1.82. The van der Waals surface area contributed by atoms with Crippen molar-refractivity contribution in [3.05, 3.63) is 94.3 Å². The number of aliphatic hydroxyl groups excluding tert-OH is 1. The third-order valence-corrected chi connectivity index (χ3v) is 5.40. The van der Waals surface area contributed by atoms with E-state index in [2.05, 4.69) is 17.2 Å². The number of carbonyl (C=O) groups excluding carboxylic acids is 1. The summed E-state index contributed by atoms with van der Waals surface area (Å²) in [7, 11) is 0. The van der Waals surface area contributed by atoms with E-state index in [4.69, 9.17) is 16.3 Å². The molecule has 2 N–H and O–H groups in total. The van der Waals surface area contributed by atoms with Gasteiger partial charge in [0.25, 0.3) is 5.92 Å². The van der Waals surface area contributed by atoms with Gasteiger partial charge in [-0.05, 0) is 68.8 Å². The van der Waals surface area contributed by atoms with E-state index >= 15 is 0 Å². The smallest absolute Gasteiger partial charge is 0.298 e. The van der Waals surface area contributed by atoms with Crippen molar-refractivity contribution in [1.82, 2.24) is 0 Å². The van der Waals surface area contributed by atoms with E-state index in [1.165, 1.54) is 42.5 Å². The van der Waals surface area contributed by atoms with Crippen LogP contribution in [0, 0.1) is 17.7 Å². The lowest BCUT2D eigenvalue weighted by Gasteiger charge is -2.20. The van der Waals surface area contributed by atoms with Gasteiger partial charge in [-0.2, -0.15) is 8.78 Å².